The number of ether oxygens (including phenoxy) is 1. The molecular formula is C15H19N5O4. The van der Waals surface area contributed by atoms with Gasteiger partial charge in [0.05, 0.1) is 6.61 Å². The van der Waals surface area contributed by atoms with Crippen LogP contribution in [0.5, 0.6) is 0 Å². The number of anilines is 1. The summed E-state index contributed by atoms with van der Waals surface area (Å²) < 4.78 is 13.8. The number of imidazole rings is 1. The molecule has 0 aliphatic carbocycles. The van der Waals surface area contributed by atoms with Crippen LogP contribution in [0.1, 0.15) is 17.6 Å². The zero-order valence-electron chi connectivity index (χ0n) is 13.9. The normalized spacial score (nSPS) is 12.7. The zero-order valence-corrected chi connectivity index (χ0v) is 13.9. The highest BCUT2D eigenvalue weighted by Crippen LogP contribution is 2.22. The topological polar surface area (TPSA) is 107 Å². The molecule has 0 fully saturated rings. The summed E-state index contributed by atoms with van der Waals surface area (Å²) in [6.07, 6.45) is 0. The Labute approximate surface area is 136 Å². The van der Waals surface area contributed by atoms with Crippen molar-refractivity contribution in [2.75, 3.05) is 19.0 Å². The van der Waals surface area contributed by atoms with Crippen molar-refractivity contribution >= 4 is 17.1 Å². The molecule has 128 valence electrons. The Balaban J connectivity index is 2.07. The maximum Gasteiger partial charge on any atom is 0.329 e. The molecule has 9 nitrogen and oxygen atoms in total. The van der Waals surface area contributed by atoms with E-state index in [0.29, 0.717) is 29.5 Å². The molecule has 0 bridgehead atoms. The van der Waals surface area contributed by atoms with Crippen LogP contribution in [0.2, 0.25) is 0 Å². The second kappa shape index (κ2) is 6.00. The first-order valence-electron chi connectivity index (χ1n) is 7.40. The summed E-state index contributed by atoms with van der Waals surface area (Å²) in [6, 6.07) is 3.44. The number of methoxy groups -OCH3 is 1. The molecule has 0 spiro atoms. The molecule has 0 aromatic carbocycles. The van der Waals surface area contributed by atoms with Gasteiger partial charge in [-0.05, 0) is 19.1 Å². The van der Waals surface area contributed by atoms with Crippen LogP contribution in [-0.4, -0.2) is 32.8 Å². The summed E-state index contributed by atoms with van der Waals surface area (Å²) in [5.41, 5.74) is -0.368. The van der Waals surface area contributed by atoms with Crippen molar-refractivity contribution in [3.63, 3.8) is 0 Å². The third-order valence-corrected chi connectivity index (χ3v) is 3.88. The first-order chi connectivity index (χ1) is 11.4. The van der Waals surface area contributed by atoms with Gasteiger partial charge >= 0.3 is 5.69 Å². The number of aromatic nitrogens is 4. The lowest BCUT2D eigenvalue weighted by Gasteiger charge is -2.16. The van der Waals surface area contributed by atoms with Gasteiger partial charge in [-0.25, -0.2) is 4.79 Å². The fourth-order valence-electron chi connectivity index (χ4n) is 2.60. The van der Waals surface area contributed by atoms with E-state index in [0.717, 1.165) is 5.76 Å². The van der Waals surface area contributed by atoms with E-state index in [4.69, 9.17) is 9.15 Å². The lowest BCUT2D eigenvalue weighted by molar-refractivity contribution is 0.178. The van der Waals surface area contributed by atoms with Crippen LogP contribution in [0.3, 0.4) is 0 Å². The lowest BCUT2D eigenvalue weighted by atomic mass is 10.2. The Morgan fingerprint density at radius 2 is 2.08 bits per heavy atom. The van der Waals surface area contributed by atoms with Crippen LogP contribution in [0.4, 0.5) is 5.95 Å². The Morgan fingerprint density at radius 1 is 1.33 bits per heavy atom. The minimum atomic E-state index is -0.507. The number of aryl methyl sites for hydroxylation is 3. The highest BCUT2D eigenvalue weighted by molar-refractivity contribution is 5.74. The second-order valence-corrected chi connectivity index (χ2v) is 5.59. The van der Waals surface area contributed by atoms with Crippen LogP contribution in [-0.2, 0) is 18.8 Å². The zero-order chi connectivity index (χ0) is 17.4. The summed E-state index contributed by atoms with van der Waals surface area (Å²) in [5.74, 6) is 1.92. The van der Waals surface area contributed by atoms with Gasteiger partial charge in [0.25, 0.3) is 5.56 Å². The molecule has 0 saturated carbocycles. The van der Waals surface area contributed by atoms with E-state index in [-0.39, 0.29) is 6.04 Å². The number of fused-ring (bicyclic) bond motifs is 1. The van der Waals surface area contributed by atoms with Crippen molar-refractivity contribution in [3.05, 3.63) is 44.5 Å². The van der Waals surface area contributed by atoms with Gasteiger partial charge in [-0.3, -0.25) is 14.3 Å². The molecule has 0 amide bonds. The van der Waals surface area contributed by atoms with E-state index < -0.39 is 11.2 Å². The minimum Gasteiger partial charge on any atom is -0.464 e. The number of nitrogens with zero attached hydrogens (tertiary/aromatic N) is 3. The quantitative estimate of drug-likeness (QED) is 0.710. The minimum absolute atomic E-state index is 0.282. The molecule has 0 aliphatic heterocycles. The first-order valence-corrected chi connectivity index (χ1v) is 7.40. The molecule has 2 N–H and O–H groups in total. The lowest BCUT2D eigenvalue weighted by Crippen LogP contribution is -2.29. The predicted octanol–water partition coefficient (Wildman–Crippen LogP) is 0.661. The summed E-state index contributed by atoms with van der Waals surface area (Å²) in [5, 5.41) is 3.21. The fourth-order valence-corrected chi connectivity index (χ4v) is 2.60. The van der Waals surface area contributed by atoms with Gasteiger partial charge in [0.15, 0.2) is 11.2 Å². The number of furan rings is 1. The maximum atomic E-state index is 12.1. The van der Waals surface area contributed by atoms with E-state index >= 15 is 0 Å². The van der Waals surface area contributed by atoms with Crippen molar-refractivity contribution in [2.24, 2.45) is 14.1 Å². The Hall–Kier alpha value is -2.81. The largest absolute Gasteiger partial charge is 0.464 e. The van der Waals surface area contributed by atoms with E-state index in [1.54, 1.807) is 25.8 Å². The number of H-pyrrole nitrogens is 1. The smallest absolute Gasteiger partial charge is 0.329 e. The fraction of sp³-hybridized carbons (Fsp3) is 0.400. The molecule has 0 aliphatic rings. The third-order valence-electron chi connectivity index (χ3n) is 3.88. The van der Waals surface area contributed by atoms with Crippen LogP contribution in [0, 0.1) is 6.92 Å². The molecule has 3 aromatic heterocycles. The summed E-state index contributed by atoms with van der Waals surface area (Å²) in [6.45, 7) is 2.21. The summed E-state index contributed by atoms with van der Waals surface area (Å²) in [4.78, 5) is 30.5. The van der Waals surface area contributed by atoms with Crippen LogP contribution < -0.4 is 16.6 Å². The highest BCUT2D eigenvalue weighted by Gasteiger charge is 2.20. The molecule has 0 radical (unpaired) electrons. The van der Waals surface area contributed by atoms with Crippen molar-refractivity contribution in [1.82, 2.24) is 19.1 Å². The van der Waals surface area contributed by atoms with Gasteiger partial charge in [-0.1, -0.05) is 0 Å². The van der Waals surface area contributed by atoms with Crippen LogP contribution in [0.25, 0.3) is 11.2 Å². The molecule has 1 atom stereocenters. The number of rotatable bonds is 5. The Kier molecular flexibility index (Phi) is 4.02. The average molecular weight is 333 g/mol. The van der Waals surface area contributed by atoms with E-state index in [9.17, 15) is 9.59 Å². The van der Waals surface area contributed by atoms with E-state index in [1.807, 2.05) is 19.1 Å². The van der Waals surface area contributed by atoms with Crippen molar-refractivity contribution in [3.8, 4) is 0 Å². The monoisotopic (exact) mass is 333 g/mol. The average Bonchev–Trinajstić information content (AvgIpc) is 3.09. The van der Waals surface area contributed by atoms with Gasteiger partial charge in [-0.15, -0.1) is 0 Å². The molecule has 3 aromatic rings. The molecule has 24 heavy (non-hydrogen) atoms. The third kappa shape index (κ3) is 2.62. The summed E-state index contributed by atoms with van der Waals surface area (Å²) >= 11 is 0. The van der Waals surface area contributed by atoms with E-state index in [2.05, 4.69) is 15.3 Å². The maximum absolute atomic E-state index is 12.1. The second-order valence-electron chi connectivity index (χ2n) is 5.59. The SMILES string of the molecule is COC[C@H](Nc1nc2c(c(=O)[nH]c(=O)n2C)n1C)c1ccc(C)o1. The number of hydrogen-bond donors (Lipinski definition) is 2. The first kappa shape index (κ1) is 16.1. The highest BCUT2D eigenvalue weighted by atomic mass is 16.5. The number of nitrogens with one attached hydrogen (secondary N) is 2. The molecule has 3 heterocycles. The van der Waals surface area contributed by atoms with Gasteiger partial charge in [-0.2, -0.15) is 4.98 Å². The van der Waals surface area contributed by atoms with Gasteiger partial charge in [0.2, 0.25) is 5.95 Å². The van der Waals surface area contributed by atoms with Gasteiger partial charge in [0.1, 0.15) is 17.6 Å². The Bertz CT molecular complexity index is 994. The van der Waals surface area contributed by atoms with Gasteiger partial charge in [0, 0.05) is 21.2 Å². The predicted molar refractivity (Wildman–Crippen MR) is 88.3 cm³/mol. The van der Waals surface area contributed by atoms with Crippen molar-refractivity contribution in [2.45, 2.75) is 13.0 Å². The molecular weight excluding hydrogens is 314 g/mol. The number of hydrogen-bond acceptors (Lipinski definition) is 6. The standard InChI is InChI=1S/C15H19N5O4/c1-8-5-6-10(24-8)9(7-23-4)16-14-17-12-11(19(14)2)13(21)18-15(22)20(12)3/h5-6,9H,7H2,1-4H3,(H,16,17)(H,18,21,22)/t9-/m0/s1. The molecule has 9 heteroatoms. The van der Waals surface area contributed by atoms with Crippen LogP contribution in [0.15, 0.2) is 26.1 Å². The van der Waals surface area contributed by atoms with Crippen molar-refractivity contribution in [1.29, 1.82) is 0 Å². The summed E-state index contributed by atoms with van der Waals surface area (Å²) in [7, 11) is 4.85. The molecule has 3 rings (SSSR count). The van der Waals surface area contributed by atoms with Crippen LogP contribution >= 0.6 is 0 Å². The Morgan fingerprint density at radius 3 is 2.71 bits per heavy atom. The van der Waals surface area contributed by atoms with Gasteiger partial charge < -0.3 is 19.0 Å². The number of aromatic amines is 1. The van der Waals surface area contributed by atoms with Crippen molar-refractivity contribution < 1.29 is 9.15 Å². The van der Waals surface area contributed by atoms with E-state index in [1.165, 1.54) is 4.57 Å². The molecule has 0 unspecified atom stereocenters. The molecule has 0 saturated heterocycles.